The Morgan fingerprint density at radius 1 is 0.607 bits per heavy atom. The molecule has 0 amide bonds. The minimum Gasteiger partial charge on any atom is -0.309 e. The van der Waals surface area contributed by atoms with Gasteiger partial charge in [-0.25, -0.2) is 0 Å². The Morgan fingerprint density at radius 3 is 1.36 bits per heavy atom. The summed E-state index contributed by atoms with van der Waals surface area (Å²) < 4.78 is 4.08. The van der Waals surface area contributed by atoms with Crippen LogP contribution in [0.25, 0.3) is 11.0 Å². The predicted octanol–water partition coefficient (Wildman–Crippen LogP) is 4.94. The van der Waals surface area contributed by atoms with Crippen LogP contribution >= 0.6 is 12.2 Å². The lowest BCUT2D eigenvalue weighted by Crippen LogP contribution is -2.13. The first-order valence-corrected chi connectivity index (χ1v) is 9.40. The normalized spacial score (nSPS) is 10.9. The van der Waals surface area contributed by atoms with Crippen molar-refractivity contribution in [2.24, 2.45) is 0 Å². The summed E-state index contributed by atoms with van der Waals surface area (Å²) in [5.74, 6) is -0.0389. The van der Waals surface area contributed by atoms with Crippen LogP contribution in [0, 0.1) is 4.77 Å². The number of Topliss-reactive ketones (excluding diaryl/α,β-unsaturated/α-hetero) is 2. The lowest BCUT2D eigenvalue weighted by atomic mass is 10.1. The van der Waals surface area contributed by atoms with E-state index >= 15 is 0 Å². The van der Waals surface area contributed by atoms with E-state index in [0.717, 1.165) is 11.0 Å². The molecule has 0 N–H and O–H groups in total. The third-order valence-corrected chi connectivity index (χ3v) is 5.16. The highest BCUT2D eigenvalue weighted by atomic mass is 32.1. The van der Waals surface area contributed by atoms with E-state index in [1.807, 2.05) is 60.7 Å². The Kier molecular flexibility index (Phi) is 5.00. The van der Waals surface area contributed by atoms with Crippen LogP contribution < -0.4 is 0 Å². The molecule has 0 aliphatic carbocycles. The first kappa shape index (κ1) is 18.1. The van der Waals surface area contributed by atoms with E-state index in [-0.39, 0.29) is 24.7 Å². The van der Waals surface area contributed by atoms with E-state index < -0.39 is 0 Å². The molecule has 0 unspecified atom stereocenters. The molecular weight excluding hydrogens is 368 g/mol. The molecule has 0 bridgehead atoms. The Balaban J connectivity index is 1.73. The number of fused-ring (bicyclic) bond motifs is 1. The smallest absolute Gasteiger partial charge is 0.182 e. The molecular formula is C23H18N2O2S. The van der Waals surface area contributed by atoms with Gasteiger partial charge < -0.3 is 9.13 Å². The molecule has 0 saturated carbocycles. The van der Waals surface area contributed by atoms with Crippen molar-refractivity contribution in [1.29, 1.82) is 0 Å². The van der Waals surface area contributed by atoms with Crippen LogP contribution in [0.3, 0.4) is 0 Å². The molecule has 0 atom stereocenters. The second-order valence-corrected chi connectivity index (χ2v) is 6.89. The van der Waals surface area contributed by atoms with Gasteiger partial charge in [0.2, 0.25) is 0 Å². The number of imidazole rings is 1. The van der Waals surface area contributed by atoms with Crippen molar-refractivity contribution >= 4 is 34.8 Å². The SMILES string of the molecule is O=C(Cn1c(=S)n(CC(=O)c2ccccc2)c2ccccc21)c1ccccc1. The molecule has 4 rings (SSSR count). The molecule has 5 heteroatoms. The number of carbonyl (C=O) groups excluding carboxylic acids is 2. The zero-order chi connectivity index (χ0) is 19.5. The monoisotopic (exact) mass is 386 g/mol. The van der Waals surface area contributed by atoms with Crippen molar-refractivity contribution in [3.63, 3.8) is 0 Å². The Hall–Kier alpha value is -3.31. The van der Waals surface area contributed by atoms with Crippen molar-refractivity contribution in [2.45, 2.75) is 13.1 Å². The van der Waals surface area contributed by atoms with E-state index in [4.69, 9.17) is 12.2 Å². The molecule has 1 aromatic heterocycles. The quantitative estimate of drug-likeness (QED) is 0.348. The fraction of sp³-hybridized carbons (Fsp3) is 0.0870. The van der Waals surface area contributed by atoms with E-state index in [9.17, 15) is 9.59 Å². The van der Waals surface area contributed by atoms with Gasteiger partial charge in [-0.15, -0.1) is 0 Å². The summed E-state index contributed by atoms with van der Waals surface area (Å²) in [6, 6.07) is 26.0. The minimum absolute atomic E-state index is 0.0195. The third kappa shape index (κ3) is 3.44. The molecule has 0 fully saturated rings. The van der Waals surface area contributed by atoms with E-state index in [2.05, 4.69) is 0 Å². The fourth-order valence-corrected chi connectivity index (χ4v) is 3.62. The van der Waals surface area contributed by atoms with Crippen molar-refractivity contribution in [2.75, 3.05) is 0 Å². The maximum Gasteiger partial charge on any atom is 0.182 e. The highest BCUT2D eigenvalue weighted by Gasteiger charge is 2.16. The van der Waals surface area contributed by atoms with Crippen LogP contribution in [0.1, 0.15) is 20.7 Å². The van der Waals surface area contributed by atoms with E-state index in [1.165, 1.54) is 0 Å². The fourth-order valence-electron chi connectivity index (χ4n) is 3.30. The second-order valence-electron chi connectivity index (χ2n) is 6.52. The van der Waals surface area contributed by atoms with Gasteiger partial charge in [0, 0.05) is 11.1 Å². The van der Waals surface area contributed by atoms with Gasteiger partial charge in [0.05, 0.1) is 24.1 Å². The molecule has 138 valence electrons. The molecule has 0 aliphatic heterocycles. The number of ketones is 2. The standard InChI is InChI=1S/C23H18N2O2S/c26-21(17-9-3-1-4-10-17)15-24-19-13-7-8-14-20(19)25(23(24)28)16-22(27)18-11-5-2-6-12-18/h1-14H,15-16H2. The zero-order valence-corrected chi connectivity index (χ0v) is 15.9. The van der Waals surface area contributed by atoms with Gasteiger partial charge in [-0.2, -0.15) is 0 Å². The number of benzene rings is 3. The number of nitrogens with zero attached hydrogens (tertiary/aromatic N) is 2. The summed E-state index contributed by atoms with van der Waals surface area (Å²) in [6.45, 7) is 0.270. The second kappa shape index (κ2) is 7.74. The van der Waals surface area contributed by atoms with Crippen LogP contribution in [0.2, 0.25) is 0 Å². The summed E-state index contributed by atoms with van der Waals surface area (Å²) in [5, 5.41) is 0. The number of para-hydroxylation sites is 2. The molecule has 3 aromatic carbocycles. The molecule has 0 radical (unpaired) electrons. The lowest BCUT2D eigenvalue weighted by Gasteiger charge is -2.05. The minimum atomic E-state index is -0.0195. The van der Waals surface area contributed by atoms with Crippen molar-refractivity contribution in [3.05, 3.63) is 101 Å². The van der Waals surface area contributed by atoms with Crippen LogP contribution in [-0.4, -0.2) is 20.7 Å². The topological polar surface area (TPSA) is 44.0 Å². The van der Waals surface area contributed by atoms with Gasteiger partial charge in [0.15, 0.2) is 16.3 Å². The predicted molar refractivity (Wildman–Crippen MR) is 112 cm³/mol. The average Bonchev–Trinajstić information content (AvgIpc) is 3.01. The Bertz CT molecular complexity index is 1110. The van der Waals surface area contributed by atoms with Crippen LogP contribution in [-0.2, 0) is 13.1 Å². The lowest BCUT2D eigenvalue weighted by molar-refractivity contribution is 0.0970. The number of hydrogen-bond donors (Lipinski definition) is 0. The summed E-state index contributed by atoms with van der Waals surface area (Å²) in [6.07, 6.45) is 0. The number of rotatable bonds is 6. The Morgan fingerprint density at radius 2 is 0.964 bits per heavy atom. The van der Waals surface area contributed by atoms with Gasteiger partial charge in [0.1, 0.15) is 0 Å². The number of carbonyl (C=O) groups is 2. The van der Waals surface area contributed by atoms with Crippen molar-refractivity contribution in [1.82, 2.24) is 9.13 Å². The summed E-state index contributed by atoms with van der Waals surface area (Å²) >= 11 is 5.65. The molecule has 1 heterocycles. The molecule has 0 spiro atoms. The first-order chi connectivity index (χ1) is 13.6. The zero-order valence-electron chi connectivity index (χ0n) is 15.1. The van der Waals surface area contributed by atoms with Crippen LogP contribution in [0.15, 0.2) is 84.9 Å². The van der Waals surface area contributed by atoms with Crippen LogP contribution in [0.4, 0.5) is 0 Å². The largest absolute Gasteiger partial charge is 0.309 e. The van der Waals surface area contributed by atoms with Crippen molar-refractivity contribution in [3.8, 4) is 0 Å². The average molecular weight is 386 g/mol. The van der Waals surface area contributed by atoms with E-state index in [1.54, 1.807) is 33.4 Å². The summed E-state index contributed by atoms with van der Waals surface area (Å²) in [7, 11) is 0. The molecule has 0 aliphatic rings. The van der Waals surface area contributed by atoms with Crippen molar-refractivity contribution < 1.29 is 9.59 Å². The van der Waals surface area contributed by atoms with Gasteiger partial charge in [0.25, 0.3) is 0 Å². The van der Waals surface area contributed by atoms with Gasteiger partial charge in [-0.3, -0.25) is 9.59 Å². The third-order valence-electron chi connectivity index (χ3n) is 4.72. The first-order valence-electron chi connectivity index (χ1n) is 9.00. The number of aromatic nitrogens is 2. The molecule has 4 aromatic rings. The highest BCUT2D eigenvalue weighted by Crippen LogP contribution is 2.20. The summed E-state index contributed by atoms with van der Waals surface area (Å²) in [5.41, 5.74) is 2.97. The highest BCUT2D eigenvalue weighted by molar-refractivity contribution is 7.71. The van der Waals surface area contributed by atoms with Gasteiger partial charge in [-0.1, -0.05) is 72.8 Å². The summed E-state index contributed by atoms with van der Waals surface area (Å²) in [4.78, 5) is 25.4. The van der Waals surface area contributed by atoms with Gasteiger partial charge >= 0.3 is 0 Å². The van der Waals surface area contributed by atoms with Crippen LogP contribution in [0.5, 0.6) is 0 Å². The molecule has 28 heavy (non-hydrogen) atoms. The van der Waals surface area contributed by atoms with E-state index in [0.29, 0.717) is 15.9 Å². The molecule has 4 nitrogen and oxygen atoms in total. The number of hydrogen-bond acceptors (Lipinski definition) is 3. The maximum atomic E-state index is 12.7. The maximum absolute atomic E-state index is 12.7. The Labute approximate surface area is 167 Å². The van der Waals surface area contributed by atoms with Gasteiger partial charge in [-0.05, 0) is 24.4 Å². The molecule has 0 saturated heterocycles.